The van der Waals surface area contributed by atoms with Gasteiger partial charge < -0.3 is 5.32 Å². The third-order valence-corrected chi connectivity index (χ3v) is 3.87. The van der Waals surface area contributed by atoms with E-state index in [1.54, 1.807) is 20.8 Å². The van der Waals surface area contributed by atoms with Crippen LogP contribution in [0.1, 0.15) is 35.5 Å². The molecule has 1 aromatic heterocycles. The number of nitro groups is 1. The van der Waals surface area contributed by atoms with Crippen LogP contribution in [0.4, 0.5) is 11.4 Å². The van der Waals surface area contributed by atoms with E-state index in [0.29, 0.717) is 11.4 Å². The molecule has 0 spiro atoms. The molecule has 1 aromatic carbocycles. The van der Waals surface area contributed by atoms with Crippen molar-refractivity contribution in [1.82, 2.24) is 9.78 Å². The molecule has 0 saturated carbocycles. The number of carbonyl (C=O) groups is 1. The molecule has 1 amide bonds. The number of hydrogen-bond acceptors (Lipinski definition) is 4. The minimum absolute atomic E-state index is 0.0450. The Morgan fingerprint density at radius 3 is 2.52 bits per heavy atom. The van der Waals surface area contributed by atoms with Crippen molar-refractivity contribution >= 4 is 17.3 Å². The van der Waals surface area contributed by atoms with E-state index in [1.807, 2.05) is 32.0 Å². The highest BCUT2D eigenvalue weighted by Gasteiger charge is 2.27. The molecular formula is C16H20N4O3. The van der Waals surface area contributed by atoms with Gasteiger partial charge in [0.15, 0.2) is 0 Å². The molecule has 0 bridgehead atoms. The maximum atomic E-state index is 12.5. The Hall–Kier alpha value is -2.70. The number of nitrogens with one attached hydrogen (secondary N) is 1. The maximum absolute atomic E-state index is 12.5. The van der Waals surface area contributed by atoms with Crippen molar-refractivity contribution in [2.45, 2.75) is 40.7 Å². The van der Waals surface area contributed by atoms with Gasteiger partial charge in [-0.2, -0.15) is 5.10 Å². The summed E-state index contributed by atoms with van der Waals surface area (Å²) >= 11 is 0. The van der Waals surface area contributed by atoms with Gasteiger partial charge in [0.25, 0.3) is 0 Å². The zero-order valence-corrected chi connectivity index (χ0v) is 13.9. The minimum Gasteiger partial charge on any atom is -0.324 e. The topological polar surface area (TPSA) is 90.1 Å². The first-order chi connectivity index (χ1) is 10.7. The smallest absolute Gasteiger partial charge is 0.312 e. The quantitative estimate of drug-likeness (QED) is 0.692. The lowest BCUT2D eigenvalue weighted by Gasteiger charge is -2.15. The zero-order chi connectivity index (χ0) is 17.3. The van der Waals surface area contributed by atoms with Crippen molar-refractivity contribution in [3.8, 4) is 0 Å². The molecule has 7 nitrogen and oxygen atoms in total. The molecule has 1 N–H and O–H groups in total. The van der Waals surface area contributed by atoms with Crippen molar-refractivity contribution in [2.24, 2.45) is 0 Å². The minimum atomic E-state index is -0.651. The molecule has 2 aromatic rings. The number of aryl methyl sites for hydroxylation is 3. The van der Waals surface area contributed by atoms with E-state index >= 15 is 0 Å². The number of anilines is 1. The van der Waals surface area contributed by atoms with Crippen LogP contribution in [0.5, 0.6) is 0 Å². The van der Waals surface area contributed by atoms with E-state index in [-0.39, 0.29) is 11.6 Å². The molecule has 2 rings (SSSR count). The average Bonchev–Trinajstić information content (AvgIpc) is 2.77. The van der Waals surface area contributed by atoms with Crippen molar-refractivity contribution in [3.63, 3.8) is 0 Å². The molecule has 0 radical (unpaired) electrons. The molecule has 0 fully saturated rings. The van der Waals surface area contributed by atoms with Crippen molar-refractivity contribution < 1.29 is 9.72 Å². The zero-order valence-electron chi connectivity index (χ0n) is 13.9. The summed E-state index contributed by atoms with van der Waals surface area (Å²) in [5, 5.41) is 18.1. The molecule has 7 heteroatoms. The summed E-state index contributed by atoms with van der Waals surface area (Å²) in [6, 6.07) is 5.15. The number of hydrogen-bond donors (Lipinski definition) is 1. The Bertz CT molecular complexity index is 780. The highest BCUT2D eigenvalue weighted by molar-refractivity contribution is 5.94. The molecule has 0 saturated heterocycles. The first-order valence-corrected chi connectivity index (χ1v) is 7.30. The number of rotatable bonds is 4. The molecule has 1 heterocycles. The van der Waals surface area contributed by atoms with Crippen LogP contribution in [0.2, 0.25) is 0 Å². The summed E-state index contributed by atoms with van der Waals surface area (Å²) in [5.41, 5.74) is 3.36. The van der Waals surface area contributed by atoms with Crippen LogP contribution in [0.3, 0.4) is 0 Å². The van der Waals surface area contributed by atoms with Gasteiger partial charge in [0.2, 0.25) is 5.91 Å². The van der Waals surface area contributed by atoms with Crippen LogP contribution in [-0.2, 0) is 4.79 Å². The van der Waals surface area contributed by atoms with E-state index in [0.717, 1.165) is 16.8 Å². The lowest BCUT2D eigenvalue weighted by Crippen LogP contribution is -2.25. The largest absolute Gasteiger partial charge is 0.324 e. The lowest BCUT2D eigenvalue weighted by molar-refractivity contribution is -0.386. The summed E-state index contributed by atoms with van der Waals surface area (Å²) in [5.74, 6) is -0.265. The Labute approximate surface area is 134 Å². The second-order valence-electron chi connectivity index (χ2n) is 5.70. The van der Waals surface area contributed by atoms with Crippen LogP contribution in [0, 0.1) is 37.8 Å². The maximum Gasteiger partial charge on any atom is 0.312 e. The van der Waals surface area contributed by atoms with Crippen LogP contribution in [-0.4, -0.2) is 20.6 Å². The third-order valence-electron chi connectivity index (χ3n) is 3.87. The van der Waals surface area contributed by atoms with Gasteiger partial charge in [0, 0.05) is 5.69 Å². The summed E-state index contributed by atoms with van der Waals surface area (Å²) in [4.78, 5) is 23.1. The van der Waals surface area contributed by atoms with Crippen LogP contribution < -0.4 is 5.32 Å². The van der Waals surface area contributed by atoms with Gasteiger partial charge in [-0.3, -0.25) is 19.6 Å². The molecular weight excluding hydrogens is 296 g/mol. The first kappa shape index (κ1) is 16.7. The predicted octanol–water partition coefficient (Wildman–Crippen LogP) is 3.22. The van der Waals surface area contributed by atoms with E-state index in [9.17, 15) is 14.9 Å². The number of amides is 1. The van der Waals surface area contributed by atoms with Crippen LogP contribution in [0.15, 0.2) is 18.2 Å². The van der Waals surface area contributed by atoms with Crippen molar-refractivity contribution in [2.75, 3.05) is 5.32 Å². The highest BCUT2D eigenvalue weighted by atomic mass is 16.6. The van der Waals surface area contributed by atoms with E-state index < -0.39 is 11.0 Å². The van der Waals surface area contributed by atoms with Gasteiger partial charge in [-0.25, -0.2) is 0 Å². The molecule has 0 aliphatic heterocycles. The second-order valence-corrected chi connectivity index (χ2v) is 5.70. The average molecular weight is 316 g/mol. The number of nitrogens with zero attached hydrogens (tertiary/aromatic N) is 3. The summed E-state index contributed by atoms with van der Waals surface area (Å²) in [6.45, 7) is 8.69. The van der Waals surface area contributed by atoms with Gasteiger partial charge in [0.05, 0.1) is 4.92 Å². The van der Waals surface area contributed by atoms with Crippen LogP contribution >= 0.6 is 0 Å². The molecule has 0 aliphatic carbocycles. The fourth-order valence-corrected chi connectivity index (χ4v) is 2.51. The Kier molecular flexibility index (Phi) is 4.49. The monoisotopic (exact) mass is 316 g/mol. The fourth-order valence-electron chi connectivity index (χ4n) is 2.51. The lowest BCUT2D eigenvalue weighted by atomic mass is 10.1. The predicted molar refractivity (Wildman–Crippen MR) is 87.6 cm³/mol. The molecule has 23 heavy (non-hydrogen) atoms. The Balaban J connectivity index is 2.28. The van der Waals surface area contributed by atoms with Crippen molar-refractivity contribution in [3.05, 3.63) is 50.8 Å². The van der Waals surface area contributed by atoms with Crippen molar-refractivity contribution in [1.29, 1.82) is 0 Å². The normalized spacial score (nSPS) is 12.0. The number of carbonyl (C=O) groups excluding carboxylic acids is 1. The van der Waals surface area contributed by atoms with Gasteiger partial charge in [0.1, 0.15) is 17.4 Å². The Morgan fingerprint density at radius 1 is 1.30 bits per heavy atom. The standard InChI is InChI=1S/C16H20N4O3/c1-9-6-7-10(2)14(8-9)17-16(21)13(5)19-12(4)15(20(22)23)11(3)18-19/h6-8,13H,1-5H3,(H,17,21)/t13-/m0/s1. The van der Waals surface area contributed by atoms with Crippen LogP contribution in [0.25, 0.3) is 0 Å². The first-order valence-electron chi connectivity index (χ1n) is 7.30. The second kappa shape index (κ2) is 6.20. The molecule has 0 unspecified atom stereocenters. The molecule has 1 atom stereocenters. The van der Waals surface area contributed by atoms with E-state index in [2.05, 4.69) is 10.4 Å². The van der Waals surface area contributed by atoms with Gasteiger partial charge in [-0.05, 0) is 51.8 Å². The molecule has 0 aliphatic rings. The van der Waals surface area contributed by atoms with Gasteiger partial charge in [-0.15, -0.1) is 0 Å². The van der Waals surface area contributed by atoms with Gasteiger partial charge >= 0.3 is 5.69 Å². The highest BCUT2D eigenvalue weighted by Crippen LogP contribution is 2.25. The number of benzene rings is 1. The van der Waals surface area contributed by atoms with E-state index in [1.165, 1.54) is 4.68 Å². The molecule has 122 valence electrons. The summed E-state index contributed by atoms with van der Waals surface area (Å²) < 4.78 is 1.40. The SMILES string of the molecule is Cc1ccc(C)c(NC(=O)[C@H](C)n2nc(C)c([N+](=O)[O-])c2C)c1. The van der Waals surface area contributed by atoms with Gasteiger partial charge in [-0.1, -0.05) is 12.1 Å². The third kappa shape index (κ3) is 3.23. The number of aromatic nitrogens is 2. The van der Waals surface area contributed by atoms with E-state index in [4.69, 9.17) is 0 Å². The summed E-state index contributed by atoms with van der Waals surface area (Å²) in [6.07, 6.45) is 0. The fraction of sp³-hybridized carbons (Fsp3) is 0.375. The Morgan fingerprint density at radius 2 is 1.96 bits per heavy atom. The summed E-state index contributed by atoms with van der Waals surface area (Å²) in [7, 11) is 0.